The molecule has 2 aliphatic heterocycles. The van der Waals surface area contributed by atoms with Gasteiger partial charge in [0.1, 0.15) is 22.7 Å². The average Bonchev–Trinajstić information content (AvgIpc) is 3.13. The summed E-state index contributed by atoms with van der Waals surface area (Å²) in [5.41, 5.74) is -4.29. The van der Waals surface area contributed by atoms with E-state index in [1.807, 2.05) is 0 Å². The smallest absolute Gasteiger partial charge is 0.406 e. The number of halogens is 9. The third-order valence-electron chi connectivity index (χ3n) is 9.11. The zero-order valence-electron chi connectivity index (χ0n) is 30.1. The van der Waals surface area contributed by atoms with Crippen LogP contribution in [0.1, 0.15) is 31.2 Å². The number of piperidine rings is 2. The number of likely N-dealkylation sites (N-methyl/N-ethyl adjacent to an activating group) is 2. The Morgan fingerprint density at radius 2 is 1.05 bits per heavy atom. The molecule has 3 aromatic carbocycles. The van der Waals surface area contributed by atoms with Crippen LogP contribution in [0, 0.1) is 0 Å². The molecule has 0 bridgehead atoms. The molecule has 0 unspecified atom stereocenters. The van der Waals surface area contributed by atoms with Gasteiger partial charge in [0.25, 0.3) is 11.8 Å². The molecule has 0 spiro atoms. The van der Waals surface area contributed by atoms with Gasteiger partial charge in [-0.05, 0) is 99.4 Å². The summed E-state index contributed by atoms with van der Waals surface area (Å²) in [5.74, 6) is -2.20. The lowest BCUT2D eigenvalue weighted by Gasteiger charge is -2.38. The Hall–Kier alpha value is -4.64. The molecule has 3 N–H and O–H groups in total. The summed E-state index contributed by atoms with van der Waals surface area (Å²) < 4.78 is 147. The standard InChI is InChI=1S/C21H20F6N2O5S.C14H17F3N2O3/c1-28(14-6-8-15(9-7-14)34-21(25,26)27)18(30)19(31)10-12-29(13-11-19)35(32,33)17-5-3-2-4-16(17)20(22,23)24;1-19(12(20)13(21)6-8-18-9-7-13)10-2-4-11(5-3-10)22-14(15,16)17/h2-9,31H,10-13H2,1H3;2-5,18,21H,6-9H2,1H3. The summed E-state index contributed by atoms with van der Waals surface area (Å²) in [6.45, 7) is 0.217. The van der Waals surface area contributed by atoms with E-state index in [0.29, 0.717) is 37.7 Å². The second kappa shape index (κ2) is 17.1. The molecule has 2 amide bonds. The number of amides is 2. The van der Waals surface area contributed by atoms with Crippen LogP contribution in [0.5, 0.6) is 11.5 Å². The second-order valence-corrected chi connectivity index (χ2v) is 14.9. The van der Waals surface area contributed by atoms with E-state index in [4.69, 9.17) is 0 Å². The van der Waals surface area contributed by atoms with Crippen LogP contribution < -0.4 is 24.6 Å². The first-order valence-electron chi connectivity index (χ1n) is 16.9. The lowest BCUT2D eigenvalue weighted by molar-refractivity contribution is -0.275. The Morgan fingerprint density at radius 3 is 1.44 bits per heavy atom. The van der Waals surface area contributed by atoms with Crippen LogP contribution in [0.3, 0.4) is 0 Å². The zero-order valence-corrected chi connectivity index (χ0v) is 30.9. The van der Waals surface area contributed by atoms with E-state index < -0.39 is 94.1 Å². The maximum Gasteiger partial charge on any atom is 0.573 e. The van der Waals surface area contributed by atoms with E-state index in [1.54, 1.807) is 0 Å². The number of alkyl halides is 9. The minimum Gasteiger partial charge on any atom is -0.406 e. The molecule has 2 aliphatic rings. The number of aliphatic hydroxyl groups is 2. The highest BCUT2D eigenvalue weighted by Crippen LogP contribution is 2.37. The van der Waals surface area contributed by atoms with Crippen molar-refractivity contribution in [2.24, 2.45) is 0 Å². The highest BCUT2D eigenvalue weighted by atomic mass is 32.2. The van der Waals surface area contributed by atoms with Crippen LogP contribution in [0.15, 0.2) is 77.7 Å². The first-order chi connectivity index (χ1) is 26.3. The molecule has 2 saturated heterocycles. The summed E-state index contributed by atoms with van der Waals surface area (Å²) in [4.78, 5) is 26.6. The lowest BCUT2D eigenvalue weighted by Crippen LogP contribution is -2.55. The Bertz CT molecular complexity index is 1960. The summed E-state index contributed by atoms with van der Waals surface area (Å²) in [6, 6.07) is 12.9. The van der Waals surface area contributed by atoms with Gasteiger partial charge in [-0.25, -0.2) is 8.42 Å². The lowest BCUT2D eigenvalue weighted by atomic mass is 9.91. The predicted octanol–water partition coefficient (Wildman–Crippen LogP) is 5.45. The van der Waals surface area contributed by atoms with E-state index >= 15 is 0 Å². The van der Waals surface area contributed by atoms with Gasteiger partial charge in [0, 0.05) is 38.6 Å². The van der Waals surface area contributed by atoms with Crippen molar-refractivity contribution in [1.82, 2.24) is 9.62 Å². The van der Waals surface area contributed by atoms with E-state index in [9.17, 15) is 67.7 Å². The van der Waals surface area contributed by atoms with Crippen molar-refractivity contribution in [3.05, 3.63) is 78.4 Å². The van der Waals surface area contributed by atoms with E-state index in [1.165, 1.54) is 31.1 Å². The molecular weight excluding hydrogens is 807 g/mol. The average molecular weight is 845 g/mol. The number of sulfonamides is 1. The minimum absolute atomic E-state index is 0.132. The number of hydrogen-bond donors (Lipinski definition) is 3. The Kier molecular flexibility index (Phi) is 13.5. The fourth-order valence-electron chi connectivity index (χ4n) is 6.03. The Morgan fingerprint density at radius 1 is 0.667 bits per heavy atom. The number of rotatable bonds is 8. The molecule has 22 heteroatoms. The third kappa shape index (κ3) is 11.5. The molecule has 2 heterocycles. The monoisotopic (exact) mass is 844 g/mol. The number of nitrogens with one attached hydrogen (secondary N) is 1. The van der Waals surface area contributed by atoms with Crippen molar-refractivity contribution in [1.29, 1.82) is 0 Å². The van der Waals surface area contributed by atoms with Gasteiger partial charge < -0.3 is 34.8 Å². The van der Waals surface area contributed by atoms with Crippen molar-refractivity contribution < 1.29 is 77.2 Å². The van der Waals surface area contributed by atoms with Gasteiger partial charge >= 0.3 is 18.9 Å². The summed E-state index contributed by atoms with van der Waals surface area (Å²) in [5, 5.41) is 24.3. The Labute approximate surface area is 320 Å². The largest absolute Gasteiger partial charge is 0.573 e. The number of ether oxygens (including phenoxy) is 2. The number of hydrogen-bond acceptors (Lipinski definition) is 9. The number of carbonyl (C=O) groups excluding carboxylic acids is 2. The topological polar surface area (TPSA) is 149 Å². The van der Waals surface area contributed by atoms with Crippen molar-refractivity contribution in [3.63, 3.8) is 0 Å². The quantitative estimate of drug-likeness (QED) is 0.252. The first-order valence-corrected chi connectivity index (χ1v) is 18.3. The molecule has 0 radical (unpaired) electrons. The predicted molar refractivity (Wildman–Crippen MR) is 185 cm³/mol. The SMILES string of the molecule is CN(C(=O)C1(O)CCN(S(=O)(=O)c2ccccc2C(F)(F)F)CC1)c1ccc(OC(F)(F)F)cc1.CN(C(=O)C1(O)CCNCC1)c1ccc(OC(F)(F)F)cc1. The van der Waals surface area contributed by atoms with E-state index in [2.05, 4.69) is 14.8 Å². The van der Waals surface area contributed by atoms with Crippen molar-refractivity contribution >= 4 is 33.2 Å². The van der Waals surface area contributed by atoms with Crippen LogP contribution in [-0.4, -0.2) is 99.0 Å². The van der Waals surface area contributed by atoms with Crippen molar-refractivity contribution in [3.8, 4) is 11.5 Å². The summed E-state index contributed by atoms with van der Waals surface area (Å²) in [6.07, 6.45) is -14.8. The fraction of sp³-hybridized carbons (Fsp3) is 0.429. The highest BCUT2D eigenvalue weighted by molar-refractivity contribution is 7.89. The molecule has 3 aromatic rings. The molecule has 0 aromatic heterocycles. The number of benzene rings is 3. The normalized spacial score (nSPS) is 17.4. The minimum atomic E-state index is -4.90. The molecule has 0 aliphatic carbocycles. The Balaban J connectivity index is 0.000000281. The van der Waals surface area contributed by atoms with Crippen LogP contribution >= 0.6 is 0 Å². The first kappa shape index (κ1) is 45.1. The molecular formula is C35H37F9N4O8S. The van der Waals surface area contributed by atoms with Gasteiger partial charge in [0.05, 0.1) is 10.5 Å². The van der Waals surface area contributed by atoms with Crippen LogP contribution in [0.4, 0.5) is 50.9 Å². The maximum absolute atomic E-state index is 13.3. The maximum atomic E-state index is 13.3. The second-order valence-electron chi connectivity index (χ2n) is 13.0. The van der Waals surface area contributed by atoms with Gasteiger partial charge in [-0.1, -0.05) is 12.1 Å². The zero-order chi connectivity index (χ0) is 42.6. The van der Waals surface area contributed by atoms with E-state index in [0.717, 1.165) is 63.8 Å². The molecule has 314 valence electrons. The van der Waals surface area contributed by atoms with Gasteiger partial charge in [0.15, 0.2) is 0 Å². The third-order valence-corrected chi connectivity index (χ3v) is 11.1. The number of nitrogens with zero attached hydrogens (tertiary/aromatic N) is 3. The molecule has 0 saturated carbocycles. The van der Waals surface area contributed by atoms with Crippen molar-refractivity contribution in [2.75, 3.05) is 50.1 Å². The number of carbonyl (C=O) groups is 2. The molecule has 2 fully saturated rings. The van der Waals surface area contributed by atoms with Gasteiger partial charge in [-0.2, -0.15) is 17.5 Å². The summed E-state index contributed by atoms with van der Waals surface area (Å²) >= 11 is 0. The van der Waals surface area contributed by atoms with Crippen LogP contribution in [0.25, 0.3) is 0 Å². The van der Waals surface area contributed by atoms with E-state index in [-0.39, 0.29) is 11.4 Å². The fourth-order valence-corrected chi connectivity index (χ4v) is 7.68. The van der Waals surface area contributed by atoms with Gasteiger partial charge in [0.2, 0.25) is 10.0 Å². The molecule has 0 atom stereocenters. The molecule has 12 nitrogen and oxygen atoms in total. The van der Waals surface area contributed by atoms with Gasteiger partial charge in [-0.3, -0.25) is 9.59 Å². The van der Waals surface area contributed by atoms with Crippen LogP contribution in [0.2, 0.25) is 0 Å². The summed E-state index contributed by atoms with van der Waals surface area (Å²) in [7, 11) is -1.83. The van der Waals surface area contributed by atoms with Crippen molar-refractivity contribution in [2.45, 2.75) is 60.7 Å². The molecule has 57 heavy (non-hydrogen) atoms. The highest BCUT2D eigenvalue weighted by Gasteiger charge is 2.46. The van der Waals surface area contributed by atoms with Gasteiger partial charge in [-0.15, -0.1) is 26.3 Å². The molecule has 5 rings (SSSR count). The number of anilines is 2. The van der Waals surface area contributed by atoms with Crippen LogP contribution in [-0.2, 0) is 25.8 Å².